The maximum absolute atomic E-state index is 5.57. The number of nitrogen functional groups attached to an aromatic ring is 1. The molecule has 1 aliphatic rings. The van der Waals surface area contributed by atoms with Gasteiger partial charge in [0.2, 0.25) is 5.95 Å². The smallest absolute Gasteiger partial charge is 0.278 e. The summed E-state index contributed by atoms with van der Waals surface area (Å²) in [7, 11) is 0. The lowest BCUT2D eigenvalue weighted by atomic mass is 9.64. The molecule has 8 nitrogen and oxygen atoms in total. The third-order valence-corrected chi connectivity index (χ3v) is 5.50. The third-order valence-electron chi connectivity index (χ3n) is 5.50. The second-order valence-electron chi connectivity index (χ2n) is 7.31. The number of benzene rings is 1. The highest BCUT2D eigenvalue weighted by atomic mass is 16.5. The van der Waals surface area contributed by atoms with Crippen molar-refractivity contribution in [3.63, 3.8) is 0 Å². The number of hydrogen-bond donors (Lipinski definition) is 1. The van der Waals surface area contributed by atoms with Crippen molar-refractivity contribution in [2.75, 3.05) is 5.73 Å². The van der Waals surface area contributed by atoms with Crippen LogP contribution in [0.4, 0.5) is 5.95 Å². The molecule has 0 amide bonds. The Morgan fingerprint density at radius 2 is 1.66 bits per heavy atom. The van der Waals surface area contributed by atoms with E-state index < -0.39 is 0 Å². The summed E-state index contributed by atoms with van der Waals surface area (Å²) in [6, 6.07) is 8.37. The molecule has 1 fully saturated rings. The molecule has 0 atom stereocenters. The molecule has 3 aromatic heterocycles. The first-order valence-electron chi connectivity index (χ1n) is 9.46. The van der Waals surface area contributed by atoms with Gasteiger partial charge in [0, 0.05) is 24.2 Å². The van der Waals surface area contributed by atoms with Gasteiger partial charge in [0.05, 0.1) is 17.3 Å². The van der Waals surface area contributed by atoms with Crippen LogP contribution in [0, 0.1) is 6.92 Å². The molecule has 1 saturated carbocycles. The van der Waals surface area contributed by atoms with Gasteiger partial charge in [-0.05, 0) is 30.9 Å². The van der Waals surface area contributed by atoms with Crippen LogP contribution in [0.3, 0.4) is 0 Å². The predicted octanol–water partition coefficient (Wildman–Crippen LogP) is 3.34. The van der Waals surface area contributed by atoms with Crippen molar-refractivity contribution in [1.82, 2.24) is 30.1 Å². The van der Waals surface area contributed by atoms with Gasteiger partial charge in [-0.25, -0.2) is 15.0 Å². The summed E-state index contributed by atoms with van der Waals surface area (Å²) in [6.45, 7) is 1.89. The number of anilines is 1. The average Bonchev–Trinajstić information content (AvgIpc) is 3.19. The molecule has 4 aromatic rings. The van der Waals surface area contributed by atoms with Crippen molar-refractivity contribution in [3.05, 3.63) is 66.1 Å². The molecule has 0 unspecified atom stereocenters. The first-order valence-corrected chi connectivity index (χ1v) is 9.46. The molecular formula is C21H19N7O. The highest BCUT2D eigenvalue weighted by Crippen LogP contribution is 2.48. The molecule has 0 radical (unpaired) electrons. The fourth-order valence-electron chi connectivity index (χ4n) is 3.67. The van der Waals surface area contributed by atoms with E-state index in [4.69, 9.17) is 10.3 Å². The Bertz CT molecular complexity index is 1130. The average molecular weight is 385 g/mol. The zero-order chi connectivity index (χ0) is 19.8. The van der Waals surface area contributed by atoms with Crippen LogP contribution in [-0.4, -0.2) is 30.1 Å². The van der Waals surface area contributed by atoms with Gasteiger partial charge in [0.1, 0.15) is 5.69 Å². The van der Waals surface area contributed by atoms with Crippen LogP contribution >= 0.6 is 0 Å². The van der Waals surface area contributed by atoms with Gasteiger partial charge in [-0.15, -0.1) is 0 Å². The Morgan fingerprint density at radius 3 is 2.28 bits per heavy atom. The van der Waals surface area contributed by atoms with Gasteiger partial charge >= 0.3 is 0 Å². The minimum absolute atomic E-state index is 0.226. The summed E-state index contributed by atoms with van der Waals surface area (Å²) in [5, 5.41) is 4.29. The topological polar surface area (TPSA) is 116 Å². The van der Waals surface area contributed by atoms with Crippen LogP contribution in [0.2, 0.25) is 0 Å². The van der Waals surface area contributed by atoms with E-state index >= 15 is 0 Å². The molecule has 1 aliphatic carbocycles. The Morgan fingerprint density at radius 1 is 0.897 bits per heavy atom. The molecule has 0 aliphatic heterocycles. The fraction of sp³-hybridized carbons (Fsp3) is 0.238. The van der Waals surface area contributed by atoms with Gasteiger partial charge in [-0.2, -0.15) is 4.98 Å². The molecular weight excluding hydrogens is 366 g/mol. The van der Waals surface area contributed by atoms with Crippen LogP contribution in [-0.2, 0) is 5.41 Å². The van der Waals surface area contributed by atoms with Crippen molar-refractivity contribution in [2.24, 2.45) is 0 Å². The van der Waals surface area contributed by atoms with Crippen molar-refractivity contribution in [2.45, 2.75) is 31.6 Å². The van der Waals surface area contributed by atoms with E-state index in [2.05, 4.69) is 54.3 Å². The zero-order valence-corrected chi connectivity index (χ0v) is 15.9. The standard InChI is InChI=1S/C21H19N7O/c1-13-9-24-17(12-23-13)18-27-19(28-29-18)21(7-2-8-21)16-5-3-14(4-6-16)15-10-25-20(22)26-11-15/h3-6,9-12H,2,7-8H2,1H3,(H2,22,25,26). The van der Waals surface area contributed by atoms with E-state index in [0.29, 0.717) is 17.4 Å². The number of aryl methyl sites for hydroxylation is 1. The van der Waals surface area contributed by atoms with Crippen molar-refractivity contribution in [1.29, 1.82) is 0 Å². The Kier molecular flexibility index (Phi) is 4.04. The minimum Gasteiger partial charge on any atom is -0.368 e. The third kappa shape index (κ3) is 3.02. The second kappa shape index (κ2) is 6.73. The van der Waals surface area contributed by atoms with Crippen molar-refractivity contribution in [3.8, 4) is 22.7 Å². The van der Waals surface area contributed by atoms with Crippen LogP contribution in [0.1, 0.15) is 36.3 Å². The molecule has 1 aromatic carbocycles. The lowest BCUT2D eigenvalue weighted by Gasteiger charge is -2.39. The van der Waals surface area contributed by atoms with E-state index in [1.165, 1.54) is 5.56 Å². The quantitative estimate of drug-likeness (QED) is 0.568. The summed E-state index contributed by atoms with van der Waals surface area (Å²) < 4.78 is 5.51. The number of rotatable bonds is 4. The van der Waals surface area contributed by atoms with Gasteiger partial charge < -0.3 is 10.3 Å². The van der Waals surface area contributed by atoms with Crippen LogP contribution in [0.15, 0.2) is 53.6 Å². The van der Waals surface area contributed by atoms with Gasteiger partial charge in [0.25, 0.3) is 5.89 Å². The molecule has 5 rings (SSSR count). The molecule has 0 bridgehead atoms. The van der Waals surface area contributed by atoms with E-state index in [-0.39, 0.29) is 11.4 Å². The molecule has 144 valence electrons. The number of nitrogens with two attached hydrogens (primary N) is 1. The normalized spacial score (nSPS) is 15.1. The summed E-state index contributed by atoms with van der Waals surface area (Å²) in [5.41, 5.74) is 9.91. The summed E-state index contributed by atoms with van der Waals surface area (Å²) in [4.78, 5) is 21.4. The summed E-state index contributed by atoms with van der Waals surface area (Å²) >= 11 is 0. The monoisotopic (exact) mass is 385 g/mol. The zero-order valence-electron chi connectivity index (χ0n) is 15.9. The number of hydrogen-bond acceptors (Lipinski definition) is 8. The first kappa shape index (κ1) is 17.4. The fourth-order valence-corrected chi connectivity index (χ4v) is 3.67. The minimum atomic E-state index is -0.226. The molecule has 29 heavy (non-hydrogen) atoms. The summed E-state index contributed by atoms with van der Waals surface area (Å²) in [5.74, 6) is 1.36. The van der Waals surface area contributed by atoms with E-state index in [1.807, 2.05) is 6.92 Å². The highest BCUT2D eigenvalue weighted by Gasteiger charge is 2.44. The van der Waals surface area contributed by atoms with E-state index in [9.17, 15) is 0 Å². The van der Waals surface area contributed by atoms with Crippen molar-refractivity contribution >= 4 is 5.95 Å². The lowest BCUT2D eigenvalue weighted by molar-refractivity contribution is 0.273. The first-order chi connectivity index (χ1) is 14.1. The maximum Gasteiger partial charge on any atom is 0.278 e. The maximum atomic E-state index is 5.57. The predicted molar refractivity (Wildman–Crippen MR) is 107 cm³/mol. The Hall–Kier alpha value is -3.68. The van der Waals surface area contributed by atoms with Crippen molar-refractivity contribution < 1.29 is 4.52 Å². The van der Waals surface area contributed by atoms with Crippen LogP contribution in [0.25, 0.3) is 22.7 Å². The largest absolute Gasteiger partial charge is 0.368 e. The Labute approximate surface area is 167 Å². The van der Waals surface area contributed by atoms with Gasteiger partial charge in [-0.1, -0.05) is 35.8 Å². The highest BCUT2D eigenvalue weighted by molar-refractivity contribution is 5.63. The Balaban J connectivity index is 1.46. The van der Waals surface area contributed by atoms with Crippen LogP contribution in [0.5, 0.6) is 0 Å². The molecule has 2 N–H and O–H groups in total. The number of aromatic nitrogens is 6. The SMILES string of the molecule is Cc1cnc(-c2nc(C3(c4ccc(-c5cnc(N)nc5)cc4)CCC3)no2)cn1. The summed E-state index contributed by atoms with van der Waals surface area (Å²) in [6.07, 6.45) is 9.89. The van der Waals surface area contributed by atoms with Gasteiger partial charge in [0.15, 0.2) is 5.82 Å². The van der Waals surface area contributed by atoms with Crippen LogP contribution < -0.4 is 5.73 Å². The molecule has 0 spiro atoms. The molecule has 8 heteroatoms. The number of nitrogens with zero attached hydrogens (tertiary/aromatic N) is 6. The van der Waals surface area contributed by atoms with E-state index in [0.717, 1.165) is 36.1 Å². The molecule has 3 heterocycles. The lowest BCUT2D eigenvalue weighted by Crippen LogP contribution is -2.36. The van der Waals surface area contributed by atoms with Gasteiger partial charge in [-0.3, -0.25) is 4.98 Å². The molecule has 0 saturated heterocycles. The van der Waals surface area contributed by atoms with E-state index in [1.54, 1.807) is 24.8 Å². The second-order valence-corrected chi connectivity index (χ2v) is 7.31.